The Kier molecular flexibility index (Phi) is 4.10. The van der Waals surface area contributed by atoms with Crippen LogP contribution in [0.2, 0.25) is 0 Å². The van der Waals surface area contributed by atoms with Gasteiger partial charge < -0.3 is 10.0 Å². The van der Waals surface area contributed by atoms with Crippen molar-refractivity contribution >= 4 is 33.2 Å². The van der Waals surface area contributed by atoms with E-state index in [1.165, 1.54) is 11.3 Å². The monoisotopic (exact) mass is 277 g/mol. The maximum atomic E-state index is 11.0. The maximum Gasteiger partial charge on any atom is 0.313 e. The summed E-state index contributed by atoms with van der Waals surface area (Å²) in [5.41, 5.74) is 0. The molecule has 0 saturated heterocycles. The Labute approximate surface area is 95.5 Å². The fourth-order valence-electron chi connectivity index (χ4n) is 1.17. The van der Waals surface area contributed by atoms with E-state index in [1.54, 1.807) is 0 Å². The van der Waals surface area contributed by atoms with Gasteiger partial charge in [0.25, 0.3) is 0 Å². The molecule has 0 bridgehead atoms. The minimum Gasteiger partial charge on any atom is -0.481 e. The molecule has 1 heterocycles. The number of halogens is 1. The van der Waals surface area contributed by atoms with Crippen molar-refractivity contribution in [2.24, 2.45) is 0 Å². The van der Waals surface area contributed by atoms with Crippen LogP contribution in [0, 0.1) is 0 Å². The SMILES string of the molecule is CN(C)CC(C(=O)O)c1ccc(Br)s1. The highest BCUT2D eigenvalue weighted by atomic mass is 79.9. The number of hydrogen-bond donors (Lipinski definition) is 1. The third kappa shape index (κ3) is 3.08. The van der Waals surface area contributed by atoms with Crippen LogP contribution in [0.15, 0.2) is 15.9 Å². The average molecular weight is 278 g/mol. The van der Waals surface area contributed by atoms with E-state index in [0.29, 0.717) is 6.54 Å². The van der Waals surface area contributed by atoms with E-state index in [1.807, 2.05) is 31.1 Å². The molecular weight excluding hydrogens is 266 g/mol. The molecule has 1 aromatic heterocycles. The van der Waals surface area contributed by atoms with Gasteiger partial charge in [0.1, 0.15) is 5.92 Å². The summed E-state index contributed by atoms with van der Waals surface area (Å²) in [5.74, 6) is -1.20. The van der Waals surface area contributed by atoms with Crippen LogP contribution in [-0.4, -0.2) is 36.6 Å². The van der Waals surface area contributed by atoms with E-state index in [9.17, 15) is 4.79 Å². The number of thiophene rings is 1. The van der Waals surface area contributed by atoms with E-state index >= 15 is 0 Å². The van der Waals surface area contributed by atoms with Gasteiger partial charge in [0.2, 0.25) is 0 Å². The Morgan fingerprint density at radius 2 is 2.29 bits per heavy atom. The van der Waals surface area contributed by atoms with Crippen LogP contribution in [0.3, 0.4) is 0 Å². The third-order valence-electron chi connectivity index (χ3n) is 1.78. The summed E-state index contributed by atoms with van der Waals surface area (Å²) in [6, 6.07) is 3.74. The van der Waals surface area contributed by atoms with Crippen molar-refractivity contribution in [2.75, 3.05) is 20.6 Å². The second-order valence-electron chi connectivity index (χ2n) is 3.29. The number of likely N-dealkylation sites (N-methyl/N-ethyl adjacent to an activating group) is 1. The number of rotatable bonds is 4. The molecule has 14 heavy (non-hydrogen) atoms. The zero-order valence-corrected chi connectivity index (χ0v) is 10.4. The summed E-state index contributed by atoms with van der Waals surface area (Å²) >= 11 is 4.80. The lowest BCUT2D eigenvalue weighted by atomic mass is 10.1. The Bertz CT molecular complexity index is 324. The molecule has 3 nitrogen and oxygen atoms in total. The number of carbonyl (C=O) groups is 1. The topological polar surface area (TPSA) is 40.5 Å². The lowest BCUT2D eigenvalue weighted by Gasteiger charge is -2.15. The number of carboxylic acids is 1. The molecule has 78 valence electrons. The van der Waals surface area contributed by atoms with Gasteiger partial charge in [0.15, 0.2) is 0 Å². The minimum atomic E-state index is -0.770. The summed E-state index contributed by atoms with van der Waals surface area (Å²) in [4.78, 5) is 13.8. The van der Waals surface area contributed by atoms with Crippen LogP contribution in [0.25, 0.3) is 0 Å². The van der Waals surface area contributed by atoms with Crippen molar-refractivity contribution in [2.45, 2.75) is 5.92 Å². The first-order chi connectivity index (χ1) is 6.50. The molecular formula is C9H12BrNO2S. The first kappa shape index (κ1) is 11.7. The molecule has 1 unspecified atom stereocenters. The molecule has 0 amide bonds. The van der Waals surface area contributed by atoms with Crippen LogP contribution in [0.4, 0.5) is 0 Å². The summed E-state index contributed by atoms with van der Waals surface area (Å²) in [7, 11) is 3.75. The normalized spacial score (nSPS) is 13.1. The molecule has 0 saturated carbocycles. The fourth-order valence-corrected chi connectivity index (χ4v) is 2.68. The first-order valence-electron chi connectivity index (χ1n) is 4.13. The van der Waals surface area contributed by atoms with Gasteiger partial charge in [0.05, 0.1) is 3.79 Å². The molecule has 1 aromatic rings. The van der Waals surface area contributed by atoms with Gasteiger partial charge in [-0.05, 0) is 42.2 Å². The van der Waals surface area contributed by atoms with Gasteiger partial charge in [-0.2, -0.15) is 0 Å². The summed E-state index contributed by atoms with van der Waals surface area (Å²) < 4.78 is 0.970. The van der Waals surface area contributed by atoms with E-state index in [0.717, 1.165) is 8.66 Å². The van der Waals surface area contributed by atoms with Crippen LogP contribution in [-0.2, 0) is 4.79 Å². The van der Waals surface area contributed by atoms with Gasteiger partial charge in [-0.25, -0.2) is 0 Å². The largest absolute Gasteiger partial charge is 0.481 e. The summed E-state index contributed by atoms with van der Waals surface area (Å²) in [6.45, 7) is 0.530. The van der Waals surface area contributed by atoms with Crippen molar-refractivity contribution in [3.63, 3.8) is 0 Å². The van der Waals surface area contributed by atoms with Crippen molar-refractivity contribution in [3.8, 4) is 0 Å². The molecule has 1 N–H and O–H groups in total. The van der Waals surface area contributed by atoms with Gasteiger partial charge in [-0.3, -0.25) is 4.79 Å². The van der Waals surface area contributed by atoms with E-state index < -0.39 is 11.9 Å². The molecule has 0 aliphatic heterocycles. The van der Waals surface area contributed by atoms with Crippen LogP contribution < -0.4 is 0 Å². The smallest absolute Gasteiger partial charge is 0.313 e. The van der Waals surface area contributed by atoms with Gasteiger partial charge >= 0.3 is 5.97 Å². The number of nitrogens with zero attached hydrogens (tertiary/aromatic N) is 1. The Hall–Kier alpha value is -0.390. The molecule has 0 aliphatic carbocycles. The van der Waals surface area contributed by atoms with E-state index in [2.05, 4.69) is 15.9 Å². The lowest BCUT2D eigenvalue weighted by molar-refractivity contribution is -0.139. The molecule has 0 radical (unpaired) electrons. The zero-order chi connectivity index (χ0) is 10.7. The van der Waals surface area contributed by atoms with Crippen molar-refractivity contribution in [3.05, 3.63) is 20.8 Å². The van der Waals surface area contributed by atoms with Crippen molar-refractivity contribution in [1.82, 2.24) is 4.90 Å². The second-order valence-corrected chi connectivity index (χ2v) is 5.79. The molecule has 1 atom stereocenters. The molecule has 5 heteroatoms. The quantitative estimate of drug-likeness (QED) is 0.918. The highest BCUT2D eigenvalue weighted by molar-refractivity contribution is 9.11. The zero-order valence-electron chi connectivity index (χ0n) is 8.03. The molecule has 0 aliphatic rings. The first-order valence-corrected chi connectivity index (χ1v) is 5.74. The second kappa shape index (κ2) is 4.91. The van der Waals surface area contributed by atoms with Gasteiger partial charge in [0, 0.05) is 11.4 Å². The van der Waals surface area contributed by atoms with Crippen LogP contribution in [0.1, 0.15) is 10.8 Å². The molecule has 0 aromatic carbocycles. The van der Waals surface area contributed by atoms with Gasteiger partial charge in [-0.1, -0.05) is 0 Å². The molecule has 0 fully saturated rings. The van der Waals surface area contributed by atoms with Crippen molar-refractivity contribution < 1.29 is 9.90 Å². The number of hydrogen-bond acceptors (Lipinski definition) is 3. The lowest BCUT2D eigenvalue weighted by Crippen LogP contribution is -2.25. The number of aliphatic carboxylic acids is 1. The molecule has 1 rings (SSSR count). The van der Waals surface area contributed by atoms with Crippen molar-refractivity contribution in [1.29, 1.82) is 0 Å². The predicted molar refractivity (Wildman–Crippen MR) is 60.9 cm³/mol. The summed E-state index contributed by atoms with van der Waals surface area (Å²) in [6.07, 6.45) is 0. The predicted octanol–water partition coefficient (Wildman–Crippen LogP) is 2.24. The highest BCUT2D eigenvalue weighted by Crippen LogP contribution is 2.29. The summed E-state index contributed by atoms with van der Waals surface area (Å²) in [5, 5.41) is 9.05. The maximum absolute atomic E-state index is 11.0. The average Bonchev–Trinajstić information content (AvgIpc) is 2.46. The van der Waals surface area contributed by atoms with Gasteiger partial charge in [-0.15, -0.1) is 11.3 Å². The Balaban J connectivity index is 2.83. The third-order valence-corrected chi connectivity index (χ3v) is 3.52. The fraction of sp³-hybridized carbons (Fsp3) is 0.444. The Morgan fingerprint density at radius 3 is 2.64 bits per heavy atom. The van der Waals surface area contributed by atoms with E-state index in [4.69, 9.17) is 5.11 Å². The minimum absolute atomic E-state index is 0.429. The van der Waals surface area contributed by atoms with Crippen LogP contribution >= 0.6 is 27.3 Å². The Morgan fingerprint density at radius 1 is 1.64 bits per heavy atom. The standard InChI is InChI=1S/C9H12BrNO2S/c1-11(2)5-6(9(12)13)7-3-4-8(10)14-7/h3-4,6H,5H2,1-2H3,(H,12,13). The van der Waals surface area contributed by atoms with E-state index in [-0.39, 0.29) is 0 Å². The number of carboxylic acid groups (broad SMARTS) is 1. The highest BCUT2D eigenvalue weighted by Gasteiger charge is 2.21. The van der Waals surface area contributed by atoms with Crippen LogP contribution in [0.5, 0.6) is 0 Å². The molecule has 0 spiro atoms.